The molecule has 1 aromatic heterocycles. The Balaban J connectivity index is 2.05. The van der Waals surface area contributed by atoms with Gasteiger partial charge in [0.1, 0.15) is 5.82 Å². The van der Waals surface area contributed by atoms with Gasteiger partial charge < -0.3 is 9.88 Å². The van der Waals surface area contributed by atoms with Gasteiger partial charge in [0.05, 0.1) is 6.54 Å². The standard InChI is InChI=1S/C15H15FN2O2S/c16-9-1-2-12-10(7-9)15(20)11-8-18(14(19)4-6-21)5-3-13(11)17-12/h1-2,7,21H,3-6,8H2,(H,17,20). The van der Waals surface area contributed by atoms with Gasteiger partial charge in [-0.15, -0.1) is 0 Å². The lowest BCUT2D eigenvalue weighted by atomic mass is 10.0. The fourth-order valence-corrected chi connectivity index (χ4v) is 2.91. The highest BCUT2D eigenvalue weighted by Gasteiger charge is 2.23. The van der Waals surface area contributed by atoms with Crippen molar-refractivity contribution in [3.05, 3.63) is 45.5 Å². The molecule has 0 atom stereocenters. The maximum absolute atomic E-state index is 13.3. The maximum atomic E-state index is 13.3. The second-order valence-corrected chi connectivity index (χ2v) is 5.59. The van der Waals surface area contributed by atoms with Crippen molar-refractivity contribution >= 4 is 29.4 Å². The van der Waals surface area contributed by atoms with Gasteiger partial charge in [0.15, 0.2) is 5.43 Å². The van der Waals surface area contributed by atoms with Crippen LogP contribution in [0.15, 0.2) is 23.0 Å². The van der Waals surface area contributed by atoms with Crippen molar-refractivity contribution in [1.82, 2.24) is 9.88 Å². The lowest BCUT2D eigenvalue weighted by molar-refractivity contribution is -0.131. The van der Waals surface area contributed by atoms with E-state index < -0.39 is 5.82 Å². The summed E-state index contributed by atoms with van der Waals surface area (Å²) in [6, 6.07) is 4.14. The molecule has 0 saturated heterocycles. The van der Waals surface area contributed by atoms with Crippen LogP contribution in [-0.4, -0.2) is 28.1 Å². The third-order valence-electron chi connectivity index (χ3n) is 3.81. The number of nitrogens with zero attached hydrogens (tertiary/aromatic N) is 1. The van der Waals surface area contributed by atoms with Crippen LogP contribution in [0.3, 0.4) is 0 Å². The number of pyridine rings is 1. The summed E-state index contributed by atoms with van der Waals surface area (Å²) < 4.78 is 13.3. The Morgan fingerprint density at radius 1 is 1.43 bits per heavy atom. The van der Waals surface area contributed by atoms with Crippen LogP contribution in [0.2, 0.25) is 0 Å². The molecule has 110 valence electrons. The van der Waals surface area contributed by atoms with Gasteiger partial charge in [-0.05, 0) is 24.0 Å². The lowest BCUT2D eigenvalue weighted by Gasteiger charge is -2.28. The van der Waals surface area contributed by atoms with Gasteiger partial charge in [0, 0.05) is 41.5 Å². The maximum Gasteiger partial charge on any atom is 0.223 e. The summed E-state index contributed by atoms with van der Waals surface area (Å²) in [4.78, 5) is 29.3. The average molecular weight is 306 g/mol. The highest BCUT2D eigenvalue weighted by atomic mass is 32.1. The number of rotatable bonds is 2. The molecule has 2 aromatic rings. The molecule has 0 saturated carbocycles. The first-order valence-electron chi connectivity index (χ1n) is 6.82. The molecule has 3 rings (SSSR count). The zero-order valence-electron chi connectivity index (χ0n) is 11.4. The number of hydrogen-bond donors (Lipinski definition) is 2. The molecule has 0 radical (unpaired) electrons. The Kier molecular flexibility index (Phi) is 3.71. The smallest absolute Gasteiger partial charge is 0.223 e. The number of carbonyl (C=O) groups is 1. The molecular formula is C15H15FN2O2S. The van der Waals surface area contributed by atoms with E-state index in [9.17, 15) is 14.0 Å². The molecule has 4 nitrogen and oxygen atoms in total. The molecule has 1 aromatic carbocycles. The van der Waals surface area contributed by atoms with Crippen LogP contribution in [0.5, 0.6) is 0 Å². The van der Waals surface area contributed by atoms with Crippen molar-refractivity contribution in [2.45, 2.75) is 19.4 Å². The Morgan fingerprint density at radius 2 is 2.24 bits per heavy atom. The molecule has 0 spiro atoms. The fraction of sp³-hybridized carbons (Fsp3) is 0.333. The van der Waals surface area contributed by atoms with E-state index in [2.05, 4.69) is 17.6 Å². The van der Waals surface area contributed by atoms with Crippen LogP contribution in [0.4, 0.5) is 4.39 Å². The first-order valence-corrected chi connectivity index (χ1v) is 7.45. The average Bonchev–Trinajstić information content (AvgIpc) is 2.48. The monoisotopic (exact) mass is 306 g/mol. The van der Waals surface area contributed by atoms with E-state index in [4.69, 9.17) is 0 Å². The van der Waals surface area contributed by atoms with Gasteiger partial charge in [0.25, 0.3) is 0 Å². The van der Waals surface area contributed by atoms with E-state index in [-0.39, 0.29) is 17.9 Å². The molecule has 0 aliphatic carbocycles. The molecule has 6 heteroatoms. The number of aromatic nitrogens is 1. The van der Waals surface area contributed by atoms with Gasteiger partial charge >= 0.3 is 0 Å². The molecule has 1 aliphatic rings. The molecule has 1 N–H and O–H groups in total. The van der Waals surface area contributed by atoms with Gasteiger partial charge in [-0.1, -0.05) is 0 Å². The first kappa shape index (κ1) is 14.1. The third-order valence-corrected chi connectivity index (χ3v) is 4.03. The molecular weight excluding hydrogens is 291 g/mol. The topological polar surface area (TPSA) is 53.2 Å². The number of nitrogens with one attached hydrogen (secondary N) is 1. The van der Waals surface area contributed by atoms with Crippen LogP contribution in [-0.2, 0) is 17.8 Å². The predicted octanol–water partition coefficient (Wildman–Crippen LogP) is 1.87. The number of halogens is 1. The zero-order valence-corrected chi connectivity index (χ0v) is 12.3. The largest absolute Gasteiger partial charge is 0.358 e. The van der Waals surface area contributed by atoms with Crippen molar-refractivity contribution in [1.29, 1.82) is 0 Å². The van der Waals surface area contributed by atoms with Crippen molar-refractivity contribution < 1.29 is 9.18 Å². The number of aromatic amines is 1. The van der Waals surface area contributed by atoms with E-state index in [1.165, 1.54) is 12.1 Å². The fourth-order valence-electron chi connectivity index (χ4n) is 2.71. The highest BCUT2D eigenvalue weighted by molar-refractivity contribution is 7.80. The van der Waals surface area contributed by atoms with Crippen LogP contribution in [0.1, 0.15) is 17.7 Å². The quantitative estimate of drug-likeness (QED) is 0.832. The Bertz CT molecular complexity index is 772. The molecule has 0 bridgehead atoms. The number of benzene rings is 1. The van der Waals surface area contributed by atoms with Gasteiger partial charge in [-0.3, -0.25) is 9.59 Å². The molecule has 1 amide bonds. The van der Waals surface area contributed by atoms with E-state index in [0.29, 0.717) is 41.6 Å². The number of thiol groups is 1. The van der Waals surface area contributed by atoms with Crippen LogP contribution in [0, 0.1) is 5.82 Å². The molecule has 2 heterocycles. The third kappa shape index (κ3) is 2.55. The lowest BCUT2D eigenvalue weighted by Crippen LogP contribution is -2.39. The van der Waals surface area contributed by atoms with Crippen LogP contribution in [0.25, 0.3) is 10.9 Å². The minimum Gasteiger partial charge on any atom is -0.358 e. The number of H-pyrrole nitrogens is 1. The zero-order chi connectivity index (χ0) is 15.0. The summed E-state index contributed by atoms with van der Waals surface area (Å²) in [5, 5.41) is 0.331. The number of fused-ring (bicyclic) bond motifs is 2. The van der Waals surface area contributed by atoms with Gasteiger partial charge in [0.2, 0.25) is 5.91 Å². The van der Waals surface area contributed by atoms with E-state index in [1.54, 1.807) is 11.0 Å². The van der Waals surface area contributed by atoms with Crippen molar-refractivity contribution in [2.24, 2.45) is 0 Å². The second kappa shape index (κ2) is 5.52. The Hall–Kier alpha value is -1.82. The molecule has 0 fully saturated rings. The summed E-state index contributed by atoms with van der Waals surface area (Å²) >= 11 is 4.06. The van der Waals surface area contributed by atoms with Crippen molar-refractivity contribution in [2.75, 3.05) is 12.3 Å². The van der Waals surface area contributed by atoms with Crippen LogP contribution >= 0.6 is 12.6 Å². The summed E-state index contributed by atoms with van der Waals surface area (Å²) in [7, 11) is 0. The van der Waals surface area contributed by atoms with E-state index >= 15 is 0 Å². The predicted molar refractivity (Wildman–Crippen MR) is 82.1 cm³/mol. The van der Waals surface area contributed by atoms with Crippen molar-refractivity contribution in [3.8, 4) is 0 Å². The van der Waals surface area contributed by atoms with Crippen LogP contribution < -0.4 is 5.43 Å². The van der Waals surface area contributed by atoms with E-state index in [1.807, 2.05) is 0 Å². The Morgan fingerprint density at radius 3 is 3.00 bits per heavy atom. The van der Waals surface area contributed by atoms with E-state index in [0.717, 1.165) is 5.69 Å². The highest BCUT2D eigenvalue weighted by Crippen LogP contribution is 2.19. The number of hydrogen-bond acceptors (Lipinski definition) is 3. The van der Waals surface area contributed by atoms with Gasteiger partial charge in [-0.2, -0.15) is 12.6 Å². The normalized spacial score (nSPS) is 14.3. The van der Waals surface area contributed by atoms with Gasteiger partial charge in [-0.25, -0.2) is 4.39 Å². The number of amides is 1. The minimum atomic E-state index is -0.438. The molecule has 1 aliphatic heterocycles. The minimum absolute atomic E-state index is 0.00520. The summed E-state index contributed by atoms with van der Waals surface area (Å²) in [5.74, 6) is 0.0442. The first-order chi connectivity index (χ1) is 10.1. The summed E-state index contributed by atoms with van der Waals surface area (Å²) in [6.45, 7) is 0.867. The number of carbonyl (C=O) groups excluding carboxylic acids is 1. The molecule has 21 heavy (non-hydrogen) atoms. The Labute approximate surface area is 126 Å². The second-order valence-electron chi connectivity index (χ2n) is 5.14. The van der Waals surface area contributed by atoms with Crippen molar-refractivity contribution in [3.63, 3.8) is 0 Å². The molecule has 0 unspecified atom stereocenters. The summed E-state index contributed by atoms with van der Waals surface area (Å²) in [6.07, 6.45) is 0.967. The SMILES string of the molecule is O=C(CCS)N1CCc2[nH]c3ccc(F)cc3c(=O)c2C1. The summed E-state index contributed by atoms with van der Waals surface area (Å²) in [5.41, 5.74) is 1.85.